The van der Waals surface area contributed by atoms with Crippen molar-refractivity contribution in [1.82, 2.24) is 19.5 Å². The Morgan fingerprint density at radius 1 is 1.14 bits per heavy atom. The number of anilines is 1. The molecule has 2 aromatic carbocycles. The molecule has 0 aliphatic carbocycles. The number of nitrogens with zero attached hydrogens (tertiary/aromatic N) is 4. The molecule has 9 heteroatoms. The Kier molecular flexibility index (Phi) is 5.01. The summed E-state index contributed by atoms with van der Waals surface area (Å²) in [4.78, 5) is 37.5. The maximum Gasteiger partial charge on any atom is 0.264 e. The van der Waals surface area contributed by atoms with Gasteiger partial charge in [0, 0.05) is 22.5 Å². The average molecular weight is 410 g/mol. The maximum atomic E-state index is 13.2. The molecular formula is C20H13ClFN5O2. The molecule has 0 spiro atoms. The molecular weight excluding hydrogens is 397 g/mol. The molecule has 29 heavy (non-hydrogen) atoms. The van der Waals surface area contributed by atoms with Crippen LogP contribution in [0.5, 0.6) is 0 Å². The SMILES string of the molecule is O=C(Cn1cnc2nc(-c3ccc(Cl)cc3)ncc2c1=O)Nc1cccc(F)c1. The van der Waals surface area contributed by atoms with Gasteiger partial charge in [0.25, 0.3) is 5.56 Å². The van der Waals surface area contributed by atoms with E-state index in [-0.39, 0.29) is 17.6 Å². The molecule has 0 bridgehead atoms. The van der Waals surface area contributed by atoms with Crippen molar-refractivity contribution in [3.8, 4) is 11.4 Å². The fourth-order valence-corrected chi connectivity index (χ4v) is 2.85. The lowest BCUT2D eigenvalue weighted by Gasteiger charge is -2.08. The molecule has 0 radical (unpaired) electrons. The smallest absolute Gasteiger partial charge is 0.264 e. The Morgan fingerprint density at radius 3 is 2.69 bits per heavy atom. The predicted molar refractivity (Wildman–Crippen MR) is 107 cm³/mol. The van der Waals surface area contributed by atoms with Gasteiger partial charge in [-0.2, -0.15) is 0 Å². The minimum atomic E-state index is -0.488. The van der Waals surface area contributed by atoms with E-state index in [9.17, 15) is 14.0 Å². The predicted octanol–water partition coefficient (Wildman–Crippen LogP) is 3.28. The second-order valence-electron chi connectivity index (χ2n) is 6.17. The first-order valence-electron chi connectivity index (χ1n) is 8.53. The number of benzene rings is 2. The summed E-state index contributed by atoms with van der Waals surface area (Å²) in [6.45, 7) is -0.281. The van der Waals surface area contributed by atoms with Crippen molar-refractivity contribution in [2.24, 2.45) is 0 Å². The zero-order valence-electron chi connectivity index (χ0n) is 14.8. The molecule has 1 N–H and O–H groups in total. The van der Waals surface area contributed by atoms with Gasteiger partial charge in [0.2, 0.25) is 5.91 Å². The summed E-state index contributed by atoms with van der Waals surface area (Å²) in [6.07, 6.45) is 2.62. The number of fused-ring (bicyclic) bond motifs is 1. The molecule has 1 amide bonds. The Labute approximate surface area is 168 Å². The first-order chi connectivity index (χ1) is 14.0. The highest BCUT2D eigenvalue weighted by atomic mass is 35.5. The van der Waals surface area contributed by atoms with Crippen molar-refractivity contribution in [3.05, 3.63) is 82.2 Å². The highest BCUT2D eigenvalue weighted by Crippen LogP contribution is 2.18. The summed E-state index contributed by atoms with van der Waals surface area (Å²) in [5, 5.41) is 3.31. The molecule has 144 valence electrons. The van der Waals surface area contributed by atoms with Crippen molar-refractivity contribution in [2.45, 2.75) is 6.54 Å². The number of nitrogens with one attached hydrogen (secondary N) is 1. The van der Waals surface area contributed by atoms with Crippen LogP contribution in [0.3, 0.4) is 0 Å². The van der Waals surface area contributed by atoms with Crippen LogP contribution < -0.4 is 10.9 Å². The van der Waals surface area contributed by atoms with E-state index >= 15 is 0 Å². The zero-order valence-corrected chi connectivity index (χ0v) is 15.6. The zero-order chi connectivity index (χ0) is 20.4. The van der Waals surface area contributed by atoms with Gasteiger partial charge in [0.1, 0.15) is 24.1 Å². The van der Waals surface area contributed by atoms with Gasteiger partial charge in [-0.05, 0) is 42.5 Å². The molecule has 0 saturated heterocycles. The van der Waals surface area contributed by atoms with Gasteiger partial charge in [0.15, 0.2) is 11.5 Å². The van der Waals surface area contributed by atoms with Gasteiger partial charge < -0.3 is 5.32 Å². The van der Waals surface area contributed by atoms with Crippen molar-refractivity contribution in [3.63, 3.8) is 0 Å². The van der Waals surface area contributed by atoms with Crippen LogP contribution in [0.4, 0.5) is 10.1 Å². The van der Waals surface area contributed by atoms with Crippen LogP contribution in [0.15, 0.2) is 65.8 Å². The Hall–Kier alpha value is -3.65. The van der Waals surface area contributed by atoms with Gasteiger partial charge in [-0.25, -0.2) is 19.3 Å². The van der Waals surface area contributed by atoms with E-state index in [1.165, 1.54) is 30.7 Å². The first-order valence-corrected chi connectivity index (χ1v) is 8.91. The van der Waals surface area contributed by atoms with Gasteiger partial charge in [0.05, 0.1) is 0 Å². The summed E-state index contributed by atoms with van der Waals surface area (Å²) >= 11 is 5.88. The molecule has 2 aromatic heterocycles. The Balaban J connectivity index is 1.59. The minimum Gasteiger partial charge on any atom is -0.324 e. The molecule has 0 fully saturated rings. The first kappa shape index (κ1) is 18.7. The van der Waals surface area contributed by atoms with Crippen LogP contribution in [0, 0.1) is 5.82 Å². The lowest BCUT2D eigenvalue weighted by atomic mass is 10.2. The molecule has 0 aliphatic heterocycles. The van der Waals surface area contributed by atoms with E-state index < -0.39 is 17.3 Å². The standard InChI is InChI=1S/C20H13ClFN5O2/c21-13-6-4-12(5-7-13)18-23-9-16-19(26-18)24-11-27(20(16)29)10-17(28)25-15-3-1-2-14(22)8-15/h1-9,11H,10H2,(H,25,28). The monoisotopic (exact) mass is 409 g/mol. The fraction of sp³-hybridized carbons (Fsp3) is 0.0500. The molecule has 0 saturated carbocycles. The van der Waals surface area contributed by atoms with Gasteiger partial charge in [-0.1, -0.05) is 17.7 Å². The summed E-state index contributed by atoms with van der Waals surface area (Å²) in [5.41, 5.74) is 0.799. The molecule has 2 heterocycles. The number of halogens is 2. The molecule has 4 aromatic rings. The lowest BCUT2D eigenvalue weighted by Crippen LogP contribution is -2.28. The Morgan fingerprint density at radius 2 is 1.93 bits per heavy atom. The van der Waals surface area contributed by atoms with Gasteiger partial charge in [-0.15, -0.1) is 0 Å². The minimum absolute atomic E-state index is 0.184. The molecule has 0 aliphatic rings. The van der Waals surface area contributed by atoms with E-state index in [0.29, 0.717) is 16.5 Å². The third-order valence-corrected chi connectivity index (χ3v) is 4.36. The second-order valence-corrected chi connectivity index (χ2v) is 6.61. The van der Waals surface area contributed by atoms with E-state index in [1.807, 2.05) is 0 Å². The number of aromatic nitrogens is 4. The number of hydrogen-bond acceptors (Lipinski definition) is 5. The Bertz CT molecular complexity index is 1270. The van der Waals surface area contributed by atoms with E-state index in [1.54, 1.807) is 30.3 Å². The van der Waals surface area contributed by atoms with Crippen LogP contribution in [-0.4, -0.2) is 25.4 Å². The van der Waals surface area contributed by atoms with Crippen molar-refractivity contribution < 1.29 is 9.18 Å². The maximum absolute atomic E-state index is 13.2. The molecule has 0 atom stereocenters. The highest BCUT2D eigenvalue weighted by Gasteiger charge is 2.11. The summed E-state index contributed by atoms with van der Waals surface area (Å²) in [5.74, 6) is -0.554. The number of rotatable bonds is 4. The van der Waals surface area contributed by atoms with E-state index in [2.05, 4.69) is 20.3 Å². The third-order valence-electron chi connectivity index (χ3n) is 4.10. The lowest BCUT2D eigenvalue weighted by molar-refractivity contribution is -0.116. The number of amides is 1. The average Bonchev–Trinajstić information content (AvgIpc) is 2.70. The quantitative estimate of drug-likeness (QED) is 0.558. The van der Waals surface area contributed by atoms with E-state index in [4.69, 9.17) is 11.6 Å². The van der Waals surface area contributed by atoms with Gasteiger partial charge >= 0.3 is 0 Å². The topological polar surface area (TPSA) is 89.8 Å². The van der Waals surface area contributed by atoms with Crippen molar-refractivity contribution in [1.29, 1.82) is 0 Å². The fourth-order valence-electron chi connectivity index (χ4n) is 2.73. The van der Waals surface area contributed by atoms with E-state index in [0.717, 1.165) is 10.1 Å². The number of carbonyl (C=O) groups is 1. The van der Waals surface area contributed by atoms with Gasteiger partial charge in [-0.3, -0.25) is 14.2 Å². The number of carbonyl (C=O) groups excluding carboxylic acids is 1. The van der Waals surface area contributed by atoms with Crippen LogP contribution in [0.25, 0.3) is 22.4 Å². The van der Waals surface area contributed by atoms with Crippen molar-refractivity contribution >= 4 is 34.2 Å². The molecule has 7 nitrogen and oxygen atoms in total. The molecule has 0 unspecified atom stereocenters. The summed E-state index contributed by atoms with van der Waals surface area (Å²) < 4.78 is 14.4. The molecule has 4 rings (SSSR count). The number of hydrogen-bond donors (Lipinski definition) is 1. The normalized spacial score (nSPS) is 10.8. The van der Waals surface area contributed by atoms with Crippen LogP contribution in [0.1, 0.15) is 0 Å². The van der Waals surface area contributed by atoms with Crippen LogP contribution in [0.2, 0.25) is 5.02 Å². The van der Waals surface area contributed by atoms with Crippen molar-refractivity contribution in [2.75, 3.05) is 5.32 Å². The highest BCUT2D eigenvalue weighted by molar-refractivity contribution is 6.30. The van der Waals surface area contributed by atoms with Crippen LogP contribution in [-0.2, 0) is 11.3 Å². The summed E-state index contributed by atoms with van der Waals surface area (Å²) in [7, 11) is 0. The third kappa shape index (κ3) is 4.12. The van der Waals surface area contributed by atoms with Crippen LogP contribution >= 0.6 is 11.6 Å². The largest absolute Gasteiger partial charge is 0.324 e. The summed E-state index contributed by atoms with van der Waals surface area (Å²) in [6, 6.07) is 12.4. The second kappa shape index (κ2) is 7.76.